The minimum absolute atomic E-state index is 0.196. The summed E-state index contributed by atoms with van der Waals surface area (Å²) in [6, 6.07) is 13.4. The summed E-state index contributed by atoms with van der Waals surface area (Å²) in [5, 5.41) is 3.21. The normalized spacial score (nSPS) is 16.5. The number of rotatable bonds is 2. The number of nitrogens with zero attached hydrogens (tertiary/aromatic N) is 1. The summed E-state index contributed by atoms with van der Waals surface area (Å²) in [6.07, 6.45) is 0. The summed E-state index contributed by atoms with van der Waals surface area (Å²) in [7, 11) is 0. The Kier molecular flexibility index (Phi) is 4.33. The smallest absolute Gasteiger partial charge is 0.353 e. The molecule has 1 heterocycles. The number of hydrogen-bond acceptors (Lipinski definition) is 5. The maximum Gasteiger partial charge on any atom is 0.353 e. The lowest BCUT2D eigenvalue weighted by Crippen LogP contribution is -2.64. The number of carbonyl (C=O) groups is 2. The van der Waals surface area contributed by atoms with Crippen LogP contribution < -0.4 is 16.8 Å². The van der Waals surface area contributed by atoms with Crippen LogP contribution >= 0.6 is 0 Å². The first-order valence-electron chi connectivity index (χ1n) is 7.92. The predicted octanol–water partition coefficient (Wildman–Crippen LogP) is 1.25. The fourth-order valence-corrected chi connectivity index (χ4v) is 3.02. The van der Waals surface area contributed by atoms with Gasteiger partial charge < -0.3 is 16.8 Å². The van der Waals surface area contributed by atoms with E-state index in [1.54, 1.807) is 48.5 Å². The third-order valence-corrected chi connectivity index (χ3v) is 4.43. The van der Waals surface area contributed by atoms with E-state index in [2.05, 4.69) is 5.32 Å². The van der Waals surface area contributed by atoms with Crippen LogP contribution in [-0.4, -0.2) is 42.5 Å². The standard InChI is InChI=1S/C18H20N4O2/c19-15-5-1-13(2-6-15)17(23)22(11-9-21-10-12-22)18(24)14-3-7-16(20)8-4-14/h1-8,21H,9-12H2,(H3-,19,20,23,24)/p+1. The van der Waals surface area contributed by atoms with Crippen LogP contribution in [0.3, 0.4) is 0 Å². The second-order valence-corrected chi connectivity index (χ2v) is 6.02. The minimum atomic E-state index is -0.221. The van der Waals surface area contributed by atoms with Gasteiger partial charge in [-0.3, -0.25) is 0 Å². The number of hydrogen-bond donors (Lipinski definition) is 3. The molecule has 6 nitrogen and oxygen atoms in total. The van der Waals surface area contributed by atoms with Gasteiger partial charge in [0.05, 0.1) is 11.1 Å². The highest BCUT2D eigenvalue weighted by Gasteiger charge is 2.46. The number of imide groups is 1. The second kappa shape index (κ2) is 6.43. The average molecular weight is 325 g/mol. The Hall–Kier alpha value is -2.70. The van der Waals surface area contributed by atoms with Gasteiger partial charge in [0.1, 0.15) is 13.1 Å². The van der Waals surface area contributed by atoms with Gasteiger partial charge in [-0.05, 0) is 48.5 Å². The van der Waals surface area contributed by atoms with Crippen molar-refractivity contribution in [2.45, 2.75) is 0 Å². The van der Waals surface area contributed by atoms with Crippen LogP contribution in [0.25, 0.3) is 0 Å². The number of amides is 2. The Balaban J connectivity index is 2.00. The minimum Gasteiger partial charge on any atom is -0.399 e. The summed E-state index contributed by atoms with van der Waals surface area (Å²) >= 11 is 0. The van der Waals surface area contributed by atoms with Crippen LogP contribution in [0.2, 0.25) is 0 Å². The van der Waals surface area contributed by atoms with Crippen LogP contribution in [-0.2, 0) is 0 Å². The summed E-state index contributed by atoms with van der Waals surface area (Å²) in [4.78, 5) is 26.3. The zero-order valence-corrected chi connectivity index (χ0v) is 13.4. The van der Waals surface area contributed by atoms with E-state index in [4.69, 9.17) is 11.5 Å². The first-order valence-corrected chi connectivity index (χ1v) is 7.92. The SMILES string of the molecule is Nc1ccc(C(=O)[N+]2(C(=O)c3ccc(N)cc3)CCNCC2)cc1. The van der Waals surface area contributed by atoms with Gasteiger partial charge in [-0.25, -0.2) is 9.59 Å². The fraction of sp³-hybridized carbons (Fsp3) is 0.222. The van der Waals surface area contributed by atoms with Gasteiger partial charge in [0, 0.05) is 24.5 Å². The number of nitrogen functional groups attached to an aromatic ring is 2. The summed E-state index contributed by atoms with van der Waals surface area (Å²) < 4.78 is -0.221. The molecule has 124 valence electrons. The molecule has 1 aliphatic heterocycles. The van der Waals surface area contributed by atoms with Crippen LogP contribution in [0.4, 0.5) is 11.4 Å². The molecule has 0 radical (unpaired) electrons. The summed E-state index contributed by atoms with van der Waals surface area (Å²) in [5.41, 5.74) is 13.6. The number of piperazine rings is 1. The number of nitrogens with one attached hydrogen (secondary N) is 1. The molecule has 24 heavy (non-hydrogen) atoms. The lowest BCUT2D eigenvalue weighted by atomic mass is 10.1. The van der Waals surface area contributed by atoms with Crippen LogP contribution in [0.5, 0.6) is 0 Å². The van der Waals surface area contributed by atoms with Crippen LogP contribution in [0.1, 0.15) is 20.7 Å². The van der Waals surface area contributed by atoms with Crippen molar-refractivity contribution < 1.29 is 14.1 Å². The molecule has 2 aromatic rings. The van der Waals surface area contributed by atoms with Crippen molar-refractivity contribution in [3.8, 4) is 0 Å². The molecule has 1 fully saturated rings. The molecule has 0 spiro atoms. The predicted molar refractivity (Wildman–Crippen MR) is 93.2 cm³/mol. The largest absolute Gasteiger partial charge is 0.399 e. The fourth-order valence-electron chi connectivity index (χ4n) is 3.02. The van der Waals surface area contributed by atoms with E-state index < -0.39 is 0 Å². The third kappa shape index (κ3) is 2.89. The van der Waals surface area contributed by atoms with Gasteiger partial charge in [-0.15, -0.1) is 0 Å². The van der Waals surface area contributed by atoms with Crippen LogP contribution in [0.15, 0.2) is 48.5 Å². The van der Waals surface area contributed by atoms with Gasteiger partial charge in [-0.2, -0.15) is 4.48 Å². The topological polar surface area (TPSA) is 98.2 Å². The number of quaternary nitrogens is 1. The number of nitrogens with two attached hydrogens (primary N) is 2. The van der Waals surface area contributed by atoms with Gasteiger partial charge in [0.25, 0.3) is 0 Å². The van der Waals surface area contributed by atoms with E-state index in [-0.39, 0.29) is 16.3 Å². The Morgan fingerprint density at radius 2 is 1.12 bits per heavy atom. The molecule has 0 unspecified atom stereocenters. The molecule has 0 saturated carbocycles. The van der Waals surface area contributed by atoms with E-state index in [0.717, 1.165) is 0 Å². The maximum absolute atomic E-state index is 13.2. The van der Waals surface area contributed by atoms with Crippen molar-refractivity contribution in [2.75, 3.05) is 37.6 Å². The van der Waals surface area contributed by atoms with E-state index in [1.807, 2.05) is 0 Å². The molecule has 6 heteroatoms. The quantitative estimate of drug-likeness (QED) is 0.438. The maximum atomic E-state index is 13.2. The van der Waals surface area contributed by atoms with E-state index in [1.165, 1.54) is 0 Å². The molecular formula is C18H21N4O2+. The molecule has 3 rings (SSSR count). The van der Waals surface area contributed by atoms with Crippen molar-refractivity contribution in [3.63, 3.8) is 0 Å². The van der Waals surface area contributed by atoms with Gasteiger partial charge in [0.2, 0.25) is 0 Å². The lowest BCUT2D eigenvalue weighted by molar-refractivity contribution is -0.768. The molecule has 0 bridgehead atoms. The van der Waals surface area contributed by atoms with Crippen LogP contribution in [0, 0.1) is 0 Å². The van der Waals surface area contributed by atoms with E-state index >= 15 is 0 Å². The zero-order valence-electron chi connectivity index (χ0n) is 13.4. The van der Waals surface area contributed by atoms with Crippen molar-refractivity contribution >= 4 is 23.2 Å². The summed E-state index contributed by atoms with van der Waals surface area (Å²) in [6.45, 7) is 2.07. The number of benzene rings is 2. The van der Waals surface area contributed by atoms with Gasteiger partial charge >= 0.3 is 11.8 Å². The molecule has 0 atom stereocenters. The molecule has 5 N–H and O–H groups in total. The van der Waals surface area contributed by atoms with Crippen molar-refractivity contribution in [3.05, 3.63) is 59.7 Å². The zero-order chi connectivity index (χ0) is 17.2. The first kappa shape index (κ1) is 16.2. The van der Waals surface area contributed by atoms with Crippen molar-refractivity contribution in [1.29, 1.82) is 0 Å². The van der Waals surface area contributed by atoms with E-state index in [9.17, 15) is 9.59 Å². The molecule has 2 amide bonds. The molecular weight excluding hydrogens is 304 g/mol. The monoisotopic (exact) mass is 325 g/mol. The Morgan fingerprint density at radius 1 is 0.750 bits per heavy atom. The highest BCUT2D eigenvalue weighted by atomic mass is 16.2. The van der Waals surface area contributed by atoms with Gasteiger partial charge in [0.15, 0.2) is 0 Å². The third-order valence-electron chi connectivity index (χ3n) is 4.43. The highest BCUT2D eigenvalue weighted by Crippen LogP contribution is 2.22. The Bertz CT molecular complexity index is 688. The molecule has 0 aromatic heterocycles. The van der Waals surface area contributed by atoms with Crippen molar-refractivity contribution in [1.82, 2.24) is 5.32 Å². The Morgan fingerprint density at radius 3 is 1.50 bits per heavy atom. The molecule has 1 saturated heterocycles. The van der Waals surface area contributed by atoms with Gasteiger partial charge in [-0.1, -0.05) is 0 Å². The van der Waals surface area contributed by atoms with Crippen molar-refractivity contribution in [2.24, 2.45) is 0 Å². The van der Waals surface area contributed by atoms with E-state index in [0.29, 0.717) is 48.7 Å². The lowest BCUT2D eigenvalue weighted by Gasteiger charge is -2.36. The highest BCUT2D eigenvalue weighted by molar-refractivity contribution is 6.02. The molecule has 2 aromatic carbocycles. The number of anilines is 2. The first-order chi connectivity index (χ1) is 11.5. The molecule has 1 aliphatic rings. The second-order valence-electron chi connectivity index (χ2n) is 6.02. The molecule has 0 aliphatic carbocycles. The Labute approximate surface area is 140 Å². The number of carbonyl (C=O) groups excluding carboxylic acids is 2. The summed E-state index contributed by atoms with van der Waals surface area (Å²) in [5.74, 6) is -0.392. The average Bonchev–Trinajstić information content (AvgIpc) is 2.62.